The molecule has 1 N–H and O–H groups in total. The maximum absolute atomic E-state index is 5.96. The van der Waals surface area contributed by atoms with Gasteiger partial charge in [0.1, 0.15) is 12.4 Å². The van der Waals surface area contributed by atoms with Gasteiger partial charge in [-0.15, -0.1) is 0 Å². The zero-order chi connectivity index (χ0) is 15.1. The molecule has 1 aliphatic rings. The molecule has 0 unspecified atom stereocenters. The third kappa shape index (κ3) is 5.63. The SMILES string of the molecule is CC(C)c1cc(Br)ccc1OCCNCC1CCCCC1. The standard InChI is InChI=1S/C18H28BrNO/c1-14(2)17-12-16(19)8-9-18(17)21-11-10-20-13-15-6-4-3-5-7-15/h8-9,12,14-15,20H,3-7,10-11,13H2,1-2H3. The molecule has 0 spiro atoms. The van der Waals surface area contributed by atoms with Crippen molar-refractivity contribution in [1.82, 2.24) is 5.32 Å². The summed E-state index contributed by atoms with van der Waals surface area (Å²) in [6, 6.07) is 6.28. The Morgan fingerprint density at radius 1 is 1.24 bits per heavy atom. The molecule has 1 fully saturated rings. The van der Waals surface area contributed by atoms with Crippen molar-refractivity contribution in [3.05, 3.63) is 28.2 Å². The minimum absolute atomic E-state index is 0.479. The molecule has 1 aromatic rings. The van der Waals surface area contributed by atoms with E-state index in [0.717, 1.165) is 35.8 Å². The third-order valence-electron chi connectivity index (χ3n) is 4.29. The van der Waals surface area contributed by atoms with Gasteiger partial charge in [-0.2, -0.15) is 0 Å². The lowest BCUT2D eigenvalue weighted by Gasteiger charge is -2.22. The van der Waals surface area contributed by atoms with Crippen LogP contribution in [-0.2, 0) is 0 Å². The fourth-order valence-electron chi connectivity index (χ4n) is 3.03. The third-order valence-corrected chi connectivity index (χ3v) is 4.78. The summed E-state index contributed by atoms with van der Waals surface area (Å²) in [7, 11) is 0. The minimum Gasteiger partial charge on any atom is -0.492 e. The summed E-state index contributed by atoms with van der Waals surface area (Å²) in [6.07, 6.45) is 7.07. The average molecular weight is 354 g/mol. The Morgan fingerprint density at radius 2 is 2.00 bits per heavy atom. The lowest BCUT2D eigenvalue weighted by molar-refractivity contribution is 0.292. The largest absolute Gasteiger partial charge is 0.492 e. The topological polar surface area (TPSA) is 21.3 Å². The summed E-state index contributed by atoms with van der Waals surface area (Å²) in [5.74, 6) is 2.39. The molecule has 1 aliphatic carbocycles. The minimum atomic E-state index is 0.479. The first-order valence-corrected chi connectivity index (χ1v) is 9.09. The van der Waals surface area contributed by atoms with Gasteiger partial charge in [0.25, 0.3) is 0 Å². The van der Waals surface area contributed by atoms with Crippen molar-refractivity contribution in [3.8, 4) is 5.75 Å². The molecule has 0 saturated heterocycles. The van der Waals surface area contributed by atoms with Crippen LogP contribution in [0, 0.1) is 5.92 Å². The highest BCUT2D eigenvalue weighted by Gasteiger charge is 2.12. The quantitative estimate of drug-likeness (QED) is 0.686. The summed E-state index contributed by atoms with van der Waals surface area (Å²) >= 11 is 3.53. The molecule has 0 heterocycles. The van der Waals surface area contributed by atoms with Crippen molar-refractivity contribution in [2.75, 3.05) is 19.7 Å². The summed E-state index contributed by atoms with van der Waals surface area (Å²) < 4.78 is 7.08. The van der Waals surface area contributed by atoms with Crippen molar-refractivity contribution >= 4 is 15.9 Å². The molecule has 2 rings (SSSR count). The first kappa shape index (κ1) is 16.8. The number of hydrogen-bond acceptors (Lipinski definition) is 2. The van der Waals surface area contributed by atoms with E-state index < -0.39 is 0 Å². The Hall–Kier alpha value is -0.540. The highest BCUT2D eigenvalue weighted by molar-refractivity contribution is 9.10. The molecule has 1 saturated carbocycles. The molecular weight excluding hydrogens is 326 g/mol. The molecule has 0 bridgehead atoms. The fraction of sp³-hybridized carbons (Fsp3) is 0.667. The van der Waals surface area contributed by atoms with E-state index >= 15 is 0 Å². The molecule has 0 atom stereocenters. The summed E-state index contributed by atoms with van der Waals surface area (Å²) in [5, 5.41) is 3.55. The number of ether oxygens (including phenoxy) is 1. The van der Waals surface area contributed by atoms with E-state index in [1.807, 2.05) is 0 Å². The molecule has 2 nitrogen and oxygen atoms in total. The van der Waals surface area contributed by atoms with Crippen LogP contribution < -0.4 is 10.1 Å². The van der Waals surface area contributed by atoms with E-state index in [4.69, 9.17) is 4.74 Å². The van der Waals surface area contributed by atoms with Crippen LogP contribution in [0.4, 0.5) is 0 Å². The number of halogens is 1. The van der Waals surface area contributed by atoms with E-state index in [2.05, 4.69) is 53.3 Å². The van der Waals surface area contributed by atoms with Crippen LogP contribution in [-0.4, -0.2) is 19.7 Å². The van der Waals surface area contributed by atoms with Gasteiger partial charge in [-0.25, -0.2) is 0 Å². The second-order valence-electron chi connectivity index (χ2n) is 6.39. The van der Waals surface area contributed by atoms with Gasteiger partial charge in [0.15, 0.2) is 0 Å². The Labute approximate surface area is 137 Å². The van der Waals surface area contributed by atoms with Gasteiger partial charge >= 0.3 is 0 Å². The smallest absolute Gasteiger partial charge is 0.122 e. The van der Waals surface area contributed by atoms with Gasteiger partial charge in [-0.3, -0.25) is 0 Å². The van der Waals surface area contributed by atoms with Crippen LogP contribution in [0.15, 0.2) is 22.7 Å². The Morgan fingerprint density at radius 3 is 2.71 bits per heavy atom. The first-order chi connectivity index (χ1) is 10.2. The predicted octanol–water partition coefficient (Wildman–Crippen LogP) is 5.12. The number of benzene rings is 1. The average Bonchev–Trinajstić information content (AvgIpc) is 2.49. The van der Waals surface area contributed by atoms with E-state index in [1.165, 1.54) is 37.7 Å². The maximum atomic E-state index is 5.96. The zero-order valence-electron chi connectivity index (χ0n) is 13.3. The molecule has 0 amide bonds. The van der Waals surface area contributed by atoms with Crippen molar-refractivity contribution in [1.29, 1.82) is 0 Å². The van der Waals surface area contributed by atoms with Crippen molar-refractivity contribution in [2.24, 2.45) is 5.92 Å². The fourth-order valence-corrected chi connectivity index (χ4v) is 3.41. The molecule has 1 aromatic carbocycles. The Balaban J connectivity index is 1.70. The van der Waals surface area contributed by atoms with Crippen LogP contribution in [0.3, 0.4) is 0 Å². The molecule has 21 heavy (non-hydrogen) atoms. The molecule has 0 radical (unpaired) electrons. The van der Waals surface area contributed by atoms with Gasteiger partial charge in [-0.1, -0.05) is 49.0 Å². The normalized spacial score (nSPS) is 16.4. The molecule has 0 aliphatic heterocycles. The van der Waals surface area contributed by atoms with Gasteiger partial charge in [0, 0.05) is 11.0 Å². The Kier molecular flexibility index (Phi) is 7.05. The van der Waals surface area contributed by atoms with Crippen molar-refractivity contribution in [3.63, 3.8) is 0 Å². The number of nitrogens with one attached hydrogen (secondary N) is 1. The first-order valence-electron chi connectivity index (χ1n) is 8.30. The van der Waals surface area contributed by atoms with Crippen LogP contribution in [0.5, 0.6) is 5.75 Å². The second-order valence-corrected chi connectivity index (χ2v) is 7.31. The summed E-state index contributed by atoms with van der Waals surface area (Å²) in [4.78, 5) is 0. The van der Waals surface area contributed by atoms with Crippen LogP contribution in [0.1, 0.15) is 57.4 Å². The summed E-state index contributed by atoms with van der Waals surface area (Å²) in [6.45, 7) is 7.24. The number of rotatable bonds is 7. The van der Waals surface area contributed by atoms with Gasteiger partial charge in [0.2, 0.25) is 0 Å². The molecule has 3 heteroatoms. The van der Waals surface area contributed by atoms with Crippen molar-refractivity contribution < 1.29 is 4.74 Å². The monoisotopic (exact) mass is 353 g/mol. The van der Waals surface area contributed by atoms with Gasteiger partial charge in [0.05, 0.1) is 0 Å². The maximum Gasteiger partial charge on any atom is 0.122 e. The second kappa shape index (κ2) is 8.79. The van der Waals surface area contributed by atoms with Crippen LogP contribution in [0.2, 0.25) is 0 Å². The van der Waals surface area contributed by atoms with E-state index in [0.29, 0.717) is 5.92 Å². The molecule has 118 valence electrons. The predicted molar refractivity (Wildman–Crippen MR) is 93.2 cm³/mol. The summed E-state index contributed by atoms with van der Waals surface area (Å²) in [5.41, 5.74) is 1.27. The molecular formula is C18H28BrNO. The Bertz CT molecular complexity index is 427. The highest BCUT2D eigenvalue weighted by atomic mass is 79.9. The van der Waals surface area contributed by atoms with E-state index in [-0.39, 0.29) is 0 Å². The molecule has 0 aromatic heterocycles. The van der Waals surface area contributed by atoms with Gasteiger partial charge < -0.3 is 10.1 Å². The lowest BCUT2D eigenvalue weighted by atomic mass is 9.89. The van der Waals surface area contributed by atoms with Crippen molar-refractivity contribution in [2.45, 2.75) is 51.9 Å². The lowest BCUT2D eigenvalue weighted by Crippen LogP contribution is -2.28. The highest BCUT2D eigenvalue weighted by Crippen LogP contribution is 2.29. The van der Waals surface area contributed by atoms with Gasteiger partial charge in [-0.05, 0) is 55.0 Å². The van der Waals surface area contributed by atoms with E-state index in [9.17, 15) is 0 Å². The zero-order valence-corrected chi connectivity index (χ0v) is 14.9. The number of hydrogen-bond donors (Lipinski definition) is 1. The van der Waals surface area contributed by atoms with Crippen LogP contribution in [0.25, 0.3) is 0 Å². The van der Waals surface area contributed by atoms with E-state index in [1.54, 1.807) is 0 Å². The van der Waals surface area contributed by atoms with Crippen LogP contribution >= 0.6 is 15.9 Å².